The lowest BCUT2D eigenvalue weighted by Crippen LogP contribution is -2.13. The maximum atomic E-state index is 10.7. The molecule has 80 valence electrons. The largest absolute Gasteiger partial charge is 0.360 e. The molecule has 0 unspecified atom stereocenters. The molecule has 14 heavy (non-hydrogen) atoms. The van der Waals surface area contributed by atoms with Gasteiger partial charge in [-0.1, -0.05) is 18.5 Å². The summed E-state index contributed by atoms with van der Waals surface area (Å²) >= 11 is 0. The van der Waals surface area contributed by atoms with Gasteiger partial charge in [0.2, 0.25) is 10.0 Å². The van der Waals surface area contributed by atoms with Crippen molar-refractivity contribution in [3.63, 3.8) is 0 Å². The first-order valence-corrected chi connectivity index (χ1v) is 6.18. The van der Waals surface area contributed by atoms with E-state index in [2.05, 4.69) is 12.1 Å². The van der Waals surface area contributed by atoms with Gasteiger partial charge in [0, 0.05) is 6.07 Å². The van der Waals surface area contributed by atoms with E-state index in [1.807, 2.05) is 0 Å². The molecule has 0 saturated heterocycles. The highest BCUT2D eigenvalue weighted by molar-refractivity contribution is 7.88. The molecular weight excluding hydrogens is 204 g/mol. The maximum Gasteiger partial charge on any atom is 0.216 e. The first-order valence-electron chi connectivity index (χ1n) is 4.46. The molecule has 0 aliphatic heterocycles. The summed E-state index contributed by atoms with van der Waals surface area (Å²) in [5.41, 5.74) is 0.783. The average Bonchev–Trinajstić information content (AvgIpc) is 2.46. The molecule has 0 fully saturated rings. The van der Waals surface area contributed by atoms with Gasteiger partial charge in [-0.2, -0.15) is 0 Å². The van der Waals surface area contributed by atoms with Crippen molar-refractivity contribution in [3.05, 3.63) is 17.5 Å². The van der Waals surface area contributed by atoms with Gasteiger partial charge >= 0.3 is 0 Å². The van der Waals surface area contributed by atoms with Crippen LogP contribution in [0.4, 0.5) is 0 Å². The number of hydrogen-bond acceptors (Lipinski definition) is 4. The van der Waals surface area contributed by atoms with Gasteiger partial charge < -0.3 is 4.52 Å². The molecule has 0 aromatic carbocycles. The molecule has 0 saturated carbocycles. The van der Waals surface area contributed by atoms with Gasteiger partial charge in [0.25, 0.3) is 0 Å². The number of nitrogens with zero attached hydrogens (tertiary/aromatic N) is 1. The fourth-order valence-electron chi connectivity index (χ4n) is 1.10. The molecule has 1 heterocycles. The van der Waals surface area contributed by atoms with Crippen LogP contribution in [0.2, 0.25) is 0 Å². The average molecular weight is 218 g/mol. The summed E-state index contributed by atoms with van der Waals surface area (Å²) < 4.78 is 26.3. The van der Waals surface area contributed by atoms with Gasteiger partial charge in [-0.15, -0.1) is 0 Å². The zero-order chi connectivity index (χ0) is 10.6. The number of primary sulfonamides is 1. The molecule has 0 aliphatic rings. The Hall–Kier alpha value is -0.880. The third-order valence-corrected chi connectivity index (χ3v) is 2.42. The van der Waals surface area contributed by atoms with Crippen molar-refractivity contribution >= 4 is 10.0 Å². The van der Waals surface area contributed by atoms with Crippen LogP contribution in [0.5, 0.6) is 0 Å². The molecule has 5 nitrogen and oxygen atoms in total. The lowest BCUT2D eigenvalue weighted by Gasteiger charge is -1.90. The normalized spacial score (nSPS) is 11.9. The fourth-order valence-corrected chi connectivity index (χ4v) is 1.63. The van der Waals surface area contributed by atoms with E-state index in [0.29, 0.717) is 5.76 Å². The molecule has 2 N–H and O–H groups in total. The number of hydrogen-bond donors (Lipinski definition) is 1. The molecule has 0 radical (unpaired) electrons. The van der Waals surface area contributed by atoms with Crippen molar-refractivity contribution < 1.29 is 12.9 Å². The van der Waals surface area contributed by atoms with E-state index in [9.17, 15) is 8.42 Å². The Labute approximate surface area is 83.3 Å². The van der Waals surface area contributed by atoms with E-state index < -0.39 is 10.0 Å². The second kappa shape index (κ2) is 4.56. The highest BCUT2D eigenvalue weighted by Crippen LogP contribution is 2.08. The van der Waals surface area contributed by atoms with E-state index in [1.165, 1.54) is 0 Å². The van der Waals surface area contributed by atoms with Gasteiger partial charge in [-0.25, -0.2) is 13.6 Å². The van der Waals surface area contributed by atoms with Crippen LogP contribution in [-0.4, -0.2) is 13.6 Å². The van der Waals surface area contributed by atoms with E-state index >= 15 is 0 Å². The summed E-state index contributed by atoms with van der Waals surface area (Å²) in [4.78, 5) is 0. The van der Waals surface area contributed by atoms with Gasteiger partial charge in [-0.3, -0.25) is 0 Å². The molecule has 1 aromatic heterocycles. The zero-order valence-electron chi connectivity index (χ0n) is 8.06. The van der Waals surface area contributed by atoms with E-state index in [-0.39, 0.29) is 5.75 Å². The smallest absolute Gasteiger partial charge is 0.216 e. The van der Waals surface area contributed by atoms with Crippen LogP contribution in [0.3, 0.4) is 0 Å². The zero-order valence-corrected chi connectivity index (χ0v) is 8.88. The summed E-state index contributed by atoms with van der Waals surface area (Å²) in [5, 5.41) is 8.60. The Morgan fingerprint density at radius 2 is 2.29 bits per heavy atom. The van der Waals surface area contributed by atoms with E-state index in [1.54, 1.807) is 6.07 Å². The number of nitrogens with two attached hydrogens (primary N) is 1. The predicted molar refractivity (Wildman–Crippen MR) is 51.9 cm³/mol. The minimum atomic E-state index is -3.52. The minimum Gasteiger partial charge on any atom is -0.360 e. The maximum absolute atomic E-state index is 10.7. The summed E-state index contributed by atoms with van der Waals surface area (Å²) in [6.07, 6.45) is 2.89. The number of aryl methyl sites for hydroxylation is 1. The van der Waals surface area contributed by atoms with Crippen LogP contribution in [0, 0.1) is 0 Å². The molecule has 0 atom stereocenters. The lowest BCUT2D eigenvalue weighted by atomic mass is 10.2. The van der Waals surface area contributed by atoms with Crippen LogP contribution >= 0.6 is 0 Å². The van der Waals surface area contributed by atoms with E-state index in [0.717, 1.165) is 25.0 Å². The third kappa shape index (κ3) is 3.89. The molecule has 0 bridgehead atoms. The Balaban J connectivity index is 2.59. The number of aromatic nitrogens is 1. The van der Waals surface area contributed by atoms with Gasteiger partial charge in [0.05, 0.1) is 5.69 Å². The topological polar surface area (TPSA) is 86.2 Å². The Morgan fingerprint density at radius 1 is 1.57 bits per heavy atom. The quantitative estimate of drug-likeness (QED) is 0.792. The predicted octanol–water partition coefficient (Wildman–Crippen LogP) is 0.806. The number of rotatable bonds is 5. The highest BCUT2D eigenvalue weighted by Gasteiger charge is 2.10. The first kappa shape index (κ1) is 11.2. The van der Waals surface area contributed by atoms with Crippen LogP contribution in [0.25, 0.3) is 0 Å². The minimum absolute atomic E-state index is 0.286. The molecule has 6 heteroatoms. The van der Waals surface area contributed by atoms with Crippen LogP contribution < -0.4 is 5.14 Å². The molecule has 1 aromatic rings. The lowest BCUT2D eigenvalue weighted by molar-refractivity contribution is 0.385. The van der Waals surface area contributed by atoms with Gasteiger partial charge in [-0.05, 0) is 12.8 Å². The number of unbranched alkanes of at least 4 members (excludes halogenated alkanes) is 1. The number of sulfonamides is 1. The third-order valence-electron chi connectivity index (χ3n) is 1.74. The molecular formula is C8H14N2O3S. The Kier molecular flexibility index (Phi) is 3.65. The Bertz CT molecular complexity index is 383. The summed E-state index contributed by atoms with van der Waals surface area (Å²) in [7, 11) is -3.52. The first-order chi connectivity index (χ1) is 6.51. The monoisotopic (exact) mass is 218 g/mol. The van der Waals surface area contributed by atoms with Crippen LogP contribution in [0.1, 0.15) is 31.2 Å². The second-order valence-electron chi connectivity index (χ2n) is 3.20. The van der Waals surface area contributed by atoms with Gasteiger partial charge in [0.1, 0.15) is 5.75 Å². The highest BCUT2D eigenvalue weighted by atomic mass is 32.2. The molecule has 0 spiro atoms. The standard InChI is InChI=1S/C8H14N2O3S/c1-2-3-4-7-5-8(13-10-7)6-14(9,11)12/h5H,2-4,6H2,1H3,(H2,9,11,12). The van der Waals surface area contributed by atoms with Crippen LogP contribution in [0.15, 0.2) is 10.6 Å². The molecule has 0 aliphatic carbocycles. The van der Waals surface area contributed by atoms with Crippen molar-refractivity contribution in [1.82, 2.24) is 5.16 Å². The van der Waals surface area contributed by atoms with E-state index in [4.69, 9.17) is 9.66 Å². The van der Waals surface area contributed by atoms with Crippen molar-refractivity contribution in [3.8, 4) is 0 Å². The van der Waals surface area contributed by atoms with Crippen molar-refractivity contribution in [1.29, 1.82) is 0 Å². The van der Waals surface area contributed by atoms with Crippen LogP contribution in [-0.2, 0) is 22.2 Å². The summed E-state index contributed by atoms with van der Waals surface area (Å²) in [6, 6.07) is 1.64. The fraction of sp³-hybridized carbons (Fsp3) is 0.625. The Morgan fingerprint density at radius 3 is 2.86 bits per heavy atom. The summed E-state index contributed by atoms with van der Waals surface area (Å²) in [6.45, 7) is 2.07. The molecule has 1 rings (SSSR count). The molecule has 0 amide bonds. The SMILES string of the molecule is CCCCc1cc(CS(N)(=O)=O)on1. The van der Waals surface area contributed by atoms with Gasteiger partial charge in [0.15, 0.2) is 5.76 Å². The van der Waals surface area contributed by atoms with Crippen molar-refractivity contribution in [2.75, 3.05) is 0 Å². The van der Waals surface area contributed by atoms with Crippen molar-refractivity contribution in [2.45, 2.75) is 31.9 Å². The second-order valence-corrected chi connectivity index (χ2v) is 4.81. The summed E-state index contributed by atoms with van der Waals surface area (Å²) in [5.74, 6) is 0.0187. The van der Waals surface area contributed by atoms with Crippen molar-refractivity contribution in [2.24, 2.45) is 5.14 Å².